The van der Waals surface area contributed by atoms with Crippen LogP contribution in [0.3, 0.4) is 0 Å². The van der Waals surface area contributed by atoms with Crippen LogP contribution in [0.5, 0.6) is 0 Å². The molecular formula is C15H23N3O3. The number of carbonyl (C=O) groups excluding carboxylic acids is 2. The van der Waals surface area contributed by atoms with Crippen LogP contribution in [0.1, 0.15) is 25.8 Å². The van der Waals surface area contributed by atoms with E-state index in [0.29, 0.717) is 6.42 Å². The van der Waals surface area contributed by atoms with Gasteiger partial charge in [0.15, 0.2) is 0 Å². The molecule has 116 valence electrons. The number of ether oxygens (including phenoxy) is 1. The molecule has 0 saturated heterocycles. The van der Waals surface area contributed by atoms with Crippen LogP contribution in [0, 0.1) is 5.92 Å². The summed E-state index contributed by atoms with van der Waals surface area (Å²) < 4.78 is 5.11. The van der Waals surface area contributed by atoms with E-state index < -0.39 is 12.1 Å². The van der Waals surface area contributed by atoms with Crippen molar-refractivity contribution in [2.45, 2.75) is 32.9 Å². The van der Waals surface area contributed by atoms with Crippen LogP contribution >= 0.6 is 0 Å². The van der Waals surface area contributed by atoms with E-state index in [1.807, 2.05) is 44.2 Å². The fraction of sp³-hybridized carbons (Fsp3) is 0.467. The molecule has 3 N–H and O–H groups in total. The highest BCUT2D eigenvalue weighted by Gasteiger charge is 2.24. The van der Waals surface area contributed by atoms with E-state index in [4.69, 9.17) is 10.6 Å². The standard InChI is InChI=1S/C15H23N3O3/c1-11(2)9-13(14(19)18(3)16)17-15(20)21-10-12-7-5-4-6-8-12/h4-8,11,13H,9-10,16H2,1-3H3,(H,17,20)/t13-/m0/s1. The molecule has 1 atom stereocenters. The average molecular weight is 293 g/mol. The summed E-state index contributed by atoms with van der Waals surface area (Å²) in [4.78, 5) is 23.7. The summed E-state index contributed by atoms with van der Waals surface area (Å²) in [6.07, 6.45) is -0.124. The van der Waals surface area contributed by atoms with Crippen LogP contribution in [0.4, 0.5) is 4.79 Å². The van der Waals surface area contributed by atoms with Crippen molar-refractivity contribution < 1.29 is 14.3 Å². The van der Waals surface area contributed by atoms with Crippen molar-refractivity contribution in [2.24, 2.45) is 11.8 Å². The van der Waals surface area contributed by atoms with Gasteiger partial charge in [0.1, 0.15) is 12.6 Å². The van der Waals surface area contributed by atoms with Gasteiger partial charge in [-0.1, -0.05) is 44.2 Å². The third-order valence-corrected chi connectivity index (χ3v) is 2.86. The van der Waals surface area contributed by atoms with E-state index in [1.54, 1.807) is 0 Å². The molecule has 0 heterocycles. The molecule has 0 radical (unpaired) electrons. The lowest BCUT2D eigenvalue weighted by molar-refractivity contribution is -0.132. The van der Waals surface area contributed by atoms with Crippen molar-refractivity contribution in [3.8, 4) is 0 Å². The Morgan fingerprint density at radius 1 is 1.29 bits per heavy atom. The maximum atomic E-state index is 11.9. The summed E-state index contributed by atoms with van der Waals surface area (Å²) >= 11 is 0. The Bertz CT molecular complexity index is 460. The number of nitrogens with zero attached hydrogens (tertiary/aromatic N) is 1. The SMILES string of the molecule is CC(C)C[C@H](NC(=O)OCc1ccccc1)C(=O)N(C)N. The van der Waals surface area contributed by atoms with E-state index >= 15 is 0 Å². The number of nitrogens with one attached hydrogen (secondary N) is 1. The number of rotatable bonds is 6. The smallest absolute Gasteiger partial charge is 0.408 e. The third kappa shape index (κ3) is 6.27. The lowest BCUT2D eigenvalue weighted by Gasteiger charge is -2.22. The molecule has 0 aromatic heterocycles. The zero-order chi connectivity index (χ0) is 15.8. The predicted molar refractivity (Wildman–Crippen MR) is 80.0 cm³/mol. The zero-order valence-corrected chi connectivity index (χ0v) is 12.7. The van der Waals surface area contributed by atoms with Crippen molar-refractivity contribution in [1.29, 1.82) is 0 Å². The molecule has 1 aromatic rings. The van der Waals surface area contributed by atoms with Crippen LogP contribution in [0.2, 0.25) is 0 Å². The minimum absolute atomic E-state index is 0.160. The van der Waals surface area contributed by atoms with E-state index in [1.165, 1.54) is 7.05 Å². The number of hydrogen-bond donors (Lipinski definition) is 2. The van der Waals surface area contributed by atoms with Gasteiger partial charge in [-0.2, -0.15) is 0 Å². The second-order valence-corrected chi connectivity index (χ2v) is 5.34. The summed E-state index contributed by atoms with van der Waals surface area (Å²) in [7, 11) is 1.45. The number of alkyl carbamates (subject to hydrolysis) is 1. The van der Waals surface area contributed by atoms with Gasteiger partial charge in [0.25, 0.3) is 5.91 Å². The molecule has 0 bridgehead atoms. The summed E-state index contributed by atoms with van der Waals surface area (Å²) in [5.41, 5.74) is 0.885. The monoisotopic (exact) mass is 293 g/mol. The highest BCUT2D eigenvalue weighted by atomic mass is 16.5. The second-order valence-electron chi connectivity index (χ2n) is 5.34. The molecule has 0 aliphatic heterocycles. The molecule has 1 rings (SSSR count). The van der Waals surface area contributed by atoms with Gasteiger partial charge in [0, 0.05) is 7.05 Å². The van der Waals surface area contributed by atoms with Crippen LogP contribution in [-0.4, -0.2) is 30.1 Å². The first kappa shape index (κ1) is 17.0. The highest BCUT2D eigenvalue weighted by Crippen LogP contribution is 2.07. The largest absolute Gasteiger partial charge is 0.445 e. The van der Waals surface area contributed by atoms with Crippen molar-refractivity contribution in [1.82, 2.24) is 10.3 Å². The Labute approximate surface area is 125 Å². The normalized spacial score (nSPS) is 11.9. The molecule has 0 aliphatic rings. The van der Waals surface area contributed by atoms with Crippen molar-refractivity contribution in [3.63, 3.8) is 0 Å². The van der Waals surface area contributed by atoms with Crippen LogP contribution in [0.25, 0.3) is 0 Å². The molecule has 0 aliphatic carbocycles. The highest BCUT2D eigenvalue weighted by molar-refractivity contribution is 5.85. The Kier molecular flexibility index (Phi) is 6.68. The van der Waals surface area contributed by atoms with Crippen molar-refractivity contribution >= 4 is 12.0 Å². The first-order valence-electron chi connectivity index (χ1n) is 6.89. The molecular weight excluding hydrogens is 270 g/mol. The minimum atomic E-state index is -0.678. The van der Waals surface area contributed by atoms with Gasteiger partial charge in [0.05, 0.1) is 0 Å². The minimum Gasteiger partial charge on any atom is -0.445 e. The van der Waals surface area contributed by atoms with Crippen LogP contribution in [0.15, 0.2) is 30.3 Å². The summed E-state index contributed by atoms with van der Waals surface area (Å²) in [6.45, 7) is 4.09. The first-order valence-corrected chi connectivity index (χ1v) is 6.89. The van der Waals surface area contributed by atoms with Gasteiger partial charge in [-0.3, -0.25) is 9.80 Å². The Balaban J connectivity index is 2.53. The molecule has 0 saturated carbocycles. The average Bonchev–Trinajstić information content (AvgIpc) is 2.44. The van der Waals surface area contributed by atoms with Crippen molar-refractivity contribution in [3.05, 3.63) is 35.9 Å². The summed E-state index contributed by atoms with van der Waals surface area (Å²) in [5.74, 6) is 5.34. The van der Waals surface area contributed by atoms with E-state index in [-0.39, 0.29) is 18.4 Å². The van der Waals surface area contributed by atoms with Gasteiger partial charge < -0.3 is 10.1 Å². The first-order chi connectivity index (χ1) is 9.90. The van der Waals surface area contributed by atoms with Crippen LogP contribution < -0.4 is 11.2 Å². The molecule has 6 heteroatoms. The maximum absolute atomic E-state index is 11.9. The fourth-order valence-electron chi connectivity index (χ4n) is 1.85. The van der Waals surface area contributed by atoms with E-state index in [2.05, 4.69) is 5.32 Å². The number of carbonyl (C=O) groups is 2. The van der Waals surface area contributed by atoms with E-state index in [9.17, 15) is 9.59 Å². The quantitative estimate of drug-likeness (QED) is 0.474. The third-order valence-electron chi connectivity index (χ3n) is 2.86. The topological polar surface area (TPSA) is 84.7 Å². The van der Waals surface area contributed by atoms with Crippen molar-refractivity contribution in [2.75, 3.05) is 7.05 Å². The Morgan fingerprint density at radius 3 is 2.43 bits per heavy atom. The van der Waals surface area contributed by atoms with Gasteiger partial charge >= 0.3 is 6.09 Å². The van der Waals surface area contributed by atoms with Gasteiger partial charge in [-0.15, -0.1) is 0 Å². The molecule has 1 aromatic carbocycles. The summed E-state index contributed by atoms with van der Waals surface area (Å²) in [5, 5.41) is 3.54. The molecule has 21 heavy (non-hydrogen) atoms. The van der Waals surface area contributed by atoms with Crippen LogP contribution in [-0.2, 0) is 16.1 Å². The number of hydrogen-bond acceptors (Lipinski definition) is 4. The number of benzene rings is 1. The van der Waals surface area contributed by atoms with Gasteiger partial charge in [-0.05, 0) is 17.9 Å². The Morgan fingerprint density at radius 2 is 1.90 bits per heavy atom. The lowest BCUT2D eigenvalue weighted by atomic mass is 10.0. The zero-order valence-electron chi connectivity index (χ0n) is 12.7. The molecule has 2 amide bonds. The number of nitrogens with two attached hydrogens (primary N) is 1. The number of amides is 2. The molecule has 0 fully saturated rings. The van der Waals surface area contributed by atoms with E-state index in [0.717, 1.165) is 10.6 Å². The van der Waals surface area contributed by atoms with Gasteiger partial charge in [-0.25, -0.2) is 10.6 Å². The maximum Gasteiger partial charge on any atom is 0.408 e. The lowest BCUT2D eigenvalue weighted by Crippen LogP contribution is -2.50. The Hall–Kier alpha value is -2.08. The molecule has 0 spiro atoms. The fourth-order valence-corrected chi connectivity index (χ4v) is 1.85. The van der Waals surface area contributed by atoms with Gasteiger partial charge in [0.2, 0.25) is 0 Å². The second kappa shape index (κ2) is 8.26. The molecule has 0 unspecified atom stereocenters. The predicted octanol–water partition coefficient (Wildman–Crippen LogP) is 1.66. The molecule has 6 nitrogen and oxygen atoms in total. The number of likely N-dealkylation sites (N-methyl/N-ethyl adjacent to an activating group) is 1. The number of hydrazine groups is 1. The summed E-state index contributed by atoms with van der Waals surface area (Å²) in [6, 6.07) is 8.66.